The highest BCUT2D eigenvalue weighted by Gasteiger charge is 2.43. The van der Waals surface area contributed by atoms with Gasteiger partial charge < -0.3 is 10.2 Å². The molecule has 2 aliphatic rings. The predicted octanol–water partition coefficient (Wildman–Crippen LogP) is 0.994. The van der Waals surface area contributed by atoms with Gasteiger partial charge in [-0.25, -0.2) is 14.9 Å². The summed E-state index contributed by atoms with van der Waals surface area (Å²) in [5, 5.41) is 2.65. The third kappa shape index (κ3) is 3.79. The molecule has 140 valence electrons. The lowest BCUT2D eigenvalue weighted by Gasteiger charge is -2.31. The Kier molecular flexibility index (Phi) is 5.05. The van der Waals surface area contributed by atoms with Crippen molar-refractivity contribution in [3.63, 3.8) is 0 Å². The summed E-state index contributed by atoms with van der Waals surface area (Å²) in [4.78, 5) is 37.2. The van der Waals surface area contributed by atoms with Crippen LogP contribution in [-0.4, -0.2) is 47.0 Å². The first kappa shape index (κ1) is 17.9. The van der Waals surface area contributed by atoms with Crippen molar-refractivity contribution in [1.29, 1.82) is 0 Å². The van der Waals surface area contributed by atoms with E-state index in [2.05, 4.69) is 20.2 Å². The molecule has 0 radical (unpaired) electrons. The number of quaternary nitrogens is 1. The van der Waals surface area contributed by atoms with Crippen molar-refractivity contribution < 1.29 is 14.9 Å². The molecule has 1 aromatic heterocycles. The fraction of sp³-hybridized carbons (Fsp3) is 0.368. The van der Waals surface area contributed by atoms with E-state index in [4.69, 9.17) is 11.6 Å². The minimum absolute atomic E-state index is 0.142. The molecule has 1 atom stereocenters. The van der Waals surface area contributed by atoms with Crippen molar-refractivity contribution in [2.75, 3.05) is 22.9 Å². The third-order valence-electron chi connectivity index (χ3n) is 5.15. The maximum atomic E-state index is 12.8. The Morgan fingerprint density at radius 2 is 1.70 bits per heavy atom. The molecule has 4 rings (SSSR count). The van der Waals surface area contributed by atoms with Crippen LogP contribution >= 0.6 is 11.6 Å². The van der Waals surface area contributed by atoms with Gasteiger partial charge in [0.25, 0.3) is 5.91 Å². The zero-order chi connectivity index (χ0) is 18.8. The number of rotatable bonds is 4. The number of aromatic nitrogens is 2. The first-order valence-corrected chi connectivity index (χ1v) is 9.49. The lowest BCUT2D eigenvalue weighted by atomic mass is 10.0. The number of amides is 2. The number of benzene rings is 1. The van der Waals surface area contributed by atoms with Crippen LogP contribution in [0.5, 0.6) is 0 Å². The minimum Gasteiger partial charge on any atom is -0.340 e. The first-order chi connectivity index (χ1) is 13.1. The van der Waals surface area contributed by atoms with Gasteiger partial charge in [0.2, 0.25) is 11.9 Å². The fourth-order valence-electron chi connectivity index (χ4n) is 3.74. The molecule has 2 amide bonds. The largest absolute Gasteiger partial charge is 0.340 e. The lowest BCUT2D eigenvalue weighted by molar-refractivity contribution is -0.709. The smallest absolute Gasteiger partial charge is 0.292 e. The molecule has 3 heterocycles. The number of piperidine rings is 1. The molecular formula is C19H21ClN5O2+. The molecule has 2 aliphatic heterocycles. The highest BCUT2D eigenvalue weighted by atomic mass is 35.5. The molecule has 8 heteroatoms. The van der Waals surface area contributed by atoms with E-state index in [-0.39, 0.29) is 24.3 Å². The average molecular weight is 387 g/mol. The summed E-state index contributed by atoms with van der Waals surface area (Å²) in [5.41, 5.74) is 0.585. The number of nitrogens with two attached hydrogens (primary N) is 1. The Morgan fingerprint density at radius 3 is 2.37 bits per heavy atom. The second-order valence-corrected chi connectivity index (χ2v) is 7.36. The van der Waals surface area contributed by atoms with Crippen molar-refractivity contribution >= 4 is 35.1 Å². The van der Waals surface area contributed by atoms with Gasteiger partial charge in [0.1, 0.15) is 0 Å². The quantitative estimate of drug-likeness (QED) is 0.792. The van der Waals surface area contributed by atoms with E-state index >= 15 is 0 Å². The fourth-order valence-corrected chi connectivity index (χ4v) is 3.87. The second-order valence-electron chi connectivity index (χ2n) is 6.92. The number of anilines is 2. The number of nitrogens with zero attached hydrogens (tertiary/aromatic N) is 4. The van der Waals surface area contributed by atoms with Gasteiger partial charge in [-0.05, 0) is 30.3 Å². The number of hydrogen-bond acceptors (Lipinski definition) is 5. The molecule has 0 aliphatic carbocycles. The van der Waals surface area contributed by atoms with Gasteiger partial charge in [0, 0.05) is 43.3 Å². The first-order valence-electron chi connectivity index (χ1n) is 9.11. The van der Waals surface area contributed by atoms with Crippen LogP contribution in [0.25, 0.3) is 0 Å². The Morgan fingerprint density at radius 1 is 1.04 bits per heavy atom. The summed E-state index contributed by atoms with van der Waals surface area (Å²) >= 11 is 5.90. The molecule has 0 saturated carbocycles. The van der Waals surface area contributed by atoms with Crippen LogP contribution in [0.1, 0.15) is 19.3 Å². The van der Waals surface area contributed by atoms with E-state index in [1.165, 1.54) is 4.90 Å². The Labute approximate surface area is 162 Å². The predicted molar refractivity (Wildman–Crippen MR) is 102 cm³/mol. The standard InChI is InChI=1S/C19H20ClN5O2/c20-13-2-4-15(5-3-13)25-17(26)12-16(18(25)27)23-14-6-10-24(11-7-14)19-21-8-1-9-22-19/h1-5,8-9,14,16,23H,6-7,10-12H2/p+1/t16-/m0/s1. The van der Waals surface area contributed by atoms with E-state index in [1.807, 2.05) is 0 Å². The van der Waals surface area contributed by atoms with Crippen molar-refractivity contribution in [3.05, 3.63) is 47.7 Å². The summed E-state index contributed by atoms with van der Waals surface area (Å²) < 4.78 is 0. The van der Waals surface area contributed by atoms with Crippen molar-refractivity contribution in [2.45, 2.75) is 31.3 Å². The number of halogens is 1. The van der Waals surface area contributed by atoms with Crippen molar-refractivity contribution in [3.8, 4) is 0 Å². The Hall–Kier alpha value is -2.51. The van der Waals surface area contributed by atoms with E-state index in [9.17, 15) is 9.59 Å². The number of carbonyl (C=O) groups excluding carboxylic acids is 2. The van der Waals surface area contributed by atoms with E-state index in [1.54, 1.807) is 42.7 Å². The van der Waals surface area contributed by atoms with Crippen LogP contribution in [0.15, 0.2) is 42.7 Å². The molecule has 0 spiro atoms. The monoisotopic (exact) mass is 386 g/mol. The molecule has 27 heavy (non-hydrogen) atoms. The molecule has 2 fully saturated rings. The van der Waals surface area contributed by atoms with Gasteiger partial charge in [-0.2, -0.15) is 0 Å². The minimum atomic E-state index is -0.349. The zero-order valence-corrected chi connectivity index (χ0v) is 15.5. The van der Waals surface area contributed by atoms with Crippen LogP contribution in [0.2, 0.25) is 5.02 Å². The molecule has 2 N–H and O–H groups in total. The van der Waals surface area contributed by atoms with Crippen LogP contribution in [0.4, 0.5) is 11.6 Å². The number of hydrogen-bond donors (Lipinski definition) is 1. The average Bonchev–Trinajstić information content (AvgIpc) is 2.97. The van der Waals surface area contributed by atoms with Crippen molar-refractivity contribution in [1.82, 2.24) is 9.97 Å². The molecule has 1 aromatic carbocycles. The summed E-state index contributed by atoms with van der Waals surface area (Å²) in [6.45, 7) is 1.70. The normalized spacial score (nSPS) is 21.1. The summed E-state index contributed by atoms with van der Waals surface area (Å²) in [7, 11) is 0. The molecule has 7 nitrogen and oxygen atoms in total. The van der Waals surface area contributed by atoms with Gasteiger partial charge in [-0.1, -0.05) is 11.6 Å². The SMILES string of the molecule is O=C1C[C@H]([NH2+]C2CCN(c3ncccn3)CC2)C(=O)N1c1ccc(Cl)cc1. The molecule has 2 saturated heterocycles. The zero-order valence-electron chi connectivity index (χ0n) is 14.8. The van der Waals surface area contributed by atoms with Crippen LogP contribution in [-0.2, 0) is 9.59 Å². The summed E-state index contributed by atoms with van der Waals surface area (Å²) in [6, 6.07) is 8.57. The molecular weight excluding hydrogens is 366 g/mol. The maximum absolute atomic E-state index is 12.8. The van der Waals surface area contributed by atoms with Gasteiger partial charge in [-0.3, -0.25) is 9.59 Å². The van der Waals surface area contributed by atoms with Gasteiger partial charge >= 0.3 is 0 Å². The number of imide groups is 1. The maximum Gasteiger partial charge on any atom is 0.292 e. The topological polar surface area (TPSA) is 83.0 Å². The summed E-state index contributed by atoms with van der Waals surface area (Å²) in [6.07, 6.45) is 5.58. The van der Waals surface area contributed by atoms with E-state index in [0.717, 1.165) is 31.9 Å². The third-order valence-corrected chi connectivity index (χ3v) is 5.40. The van der Waals surface area contributed by atoms with Gasteiger partial charge in [0.05, 0.1) is 18.2 Å². The lowest BCUT2D eigenvalue weighted by Crippen LogP contribution is -2.97. The van der Waals surface area contributed by atoms with Crippen LogP contribution < -0.4 is 15.1 Å². The number of carbonyl (C=O) groups is 2. The molecule has 2 aromatic rings. The Bertz CT molecular complexity index is 822. The van der Waals surface area contributed by atoms with Gasteiger partial charge in [-0.15, -0.1) is 0 Å². The van der Waals surface area contributed by atoms with E-state index < -0.39 is 0 Å². The van der Waals surface area contributed by atoms with E-state index in [0.29, 0.717) is 16.8 Å². The van der Waals surface area contributed by atoms with Crippen molar-refractivity contribution in [2.24, 2.45) is 0 Å². The van der Waals surface area contributed by atoms with Crippen LogP contribution in [0, 0.1) is 0 Å². The molecule has 0 unspecified atom stereocenters. The molecule has 0 bridgehead atoms. The van der Waals surface area contributed by atoms with Crippen LogP contribution in [0.3, 0.4) is 0 Å². The summed E-state index contributed by atoms with van der Waals surface area (Å²) in [5.74, 6) is 0.451. The second kappa shape index (κ2) is 7.62. The highest BCUT2D eigenvalue weighted by molar-refractivity contribution is 6.30. The Balaban J connectivity index is 1.36. The highest BCUT2D eigenvalue weighted by Crippen LogP contribution is 2.24. The van der Waals surface area contributed by atoms with Gasteiger partial charge in [0.15, 0.2) is 6.04 Å².